The topological polar surface area (TPSA) is 63.5 Å². The van der Waals surface area contributed by atoms with Crippen LogP contribution in [-0.4, -0.2) is 18.6 Å². The fourth-order valence-corrected chi connectivity index (χ4v) is 2.28. The summed E-state index contributed by atoms with van der Waals surface area (Å²) in [4.78, 5) is 11.6. The Labute approximate surface area is 136 Å². The van der Waals surface area contributed by atoms with E-state index in [2.05, 4.69) is 17.6 Å². The molecule has 1 saturated carbocycles. The van der Waals surface area contributed by atoms with E-state index in [4.69, 9.17) is 9.15 Å². The summed E-state index contributed by atoms with van der Waals surface area (Å²) in [6.07, 6.45) is 3.85. The summed E-state index contributed by atoms with van der Waals surface area (Å²) < 4.78 is 10.8. The molecule has 122 valence electrons. The van der Waals surface area contributed by atoms with Crippen LogP contribution in [0.1, 0.15) is 37.1 Å². The number of hydrogen-bond donors (Lipinski definition) is 2. The Morgan fingerprint density at radius 3 is 2.74 bits per heavy atom. The van der Waals surface area contributed by atoms with Gasteiger partial charge >= 0.3 is 0 Å². The van der Waals surface area contributed by atoms with E-state index >= 15 is 0 Å². The van der Waals surface area contributed by atoms with Gasteiger partial charge in [0.05, 0.1) is 12.8 Å². The van der Waals surface area contributed by atoms with E-state index in [9.17, 15) is 4.79 Å². The van der Waals surface area contributed by atoms with Crippen molar-refractivity contribution in [3.8, 4) is 5.75 Å². The Kier molecular flexibility index (Phi) is 4.98. The molecule has 0 spiro atoms. The lowest BCUT2D eigenvalue weighted by Crippen LogP contribution is -2.30. The maximum absolute atomic E-state index is 11.6. The van der Waals surface area contributed by atoms with E-state index in [0.717, 1.165) is 24.2 Å². The fraction of sp³-hybridized carbons (Fsp3) is 0.389. The zero-order valence-electron chi connectivity index (χ0n) is 13.2. The van der Waals surface area contributed by atoms with E-state index in [1.807, 2.05) is 36.4 Å². The average molecular weight is 314 g/mol. The van der Waals surface area contributed by atoms with Crippen LogP contribution >= 0.6 is 0 Å². The molecular formula is C18H22N2O3. The number of nitrogens with one attached hydrogen (secondary N) is 2. The van der Waals surface area contributed by atoms with Gasteiger partial charge in [-0.2, -0.15) is 0 Å². The summed E-state index contributed by atoms with van der Waals surface area (Å²) in [6.45, 7) is 2.86. The molecule has 1 atom stereocenters. The first-order valence-corrected chi connectivity index (χ1v) is 7.98. The standard InChI is InChI=1S/C18H22N2O3/c1-13(19-11-17-3-2-10-22-17)14-4-8-16(9-5-14)23-12-18(21)20-15-6-7-15/h2-5,8-10,13,15,19H,6-7,11-12H2,1H3,(H,20,21). The fourth-order valence-electron chi connectivity index (χ4n) is 2.28. The van der Waals surface area contributed by atoms with E-state index < -0.39 is 0 Å². The summed E-state index contributed by atoms with van der Waals surface area (Å²) in [5.74, 6) is 1.57. The number of hydrogen-bond acceptors (Lipinski definition) is 4. The molecule has 2 aromatic rings. The summed E-state index contributed by atoms with van der Waals surface area (Å²) in [5, 5.41) is 6.30. The SMILES string of the molecule is CC(NCc1ccco1)c1ccc(OCC(=O)NC2CC2)cc1. The molecular weight excluding hydrogens is 292 g/mol. The van der Waals surface area contributed by atoms with Crippen molar-refractivity contribution in [1.29, 1.82) is 0 Å². The lowest BCUT2D eigenvalue weighted by atomic mass is 10.1. The van der Waals surface area contributed by atoms with E-state index in [0.29, 0.717) is 18.3 Å². The van der Waals surface area contributed by atoms with Crippen LogP contribution in [0.5, 0.6) is 5.75 Å². The van der Waals surface area contributed by atoms with Crippen molar-refractivity contribution in [2.75, 3.05) is 6.61 Å². The third kappa shape index (κ3) is 4.86. The first-order chi connectivity index (χ1) is 11.2. The number of amides is 1. The van der Waals surface area contributed by atoms with Crippen LogP contribution in [0.2, 0.25) is 0 Å². The summed E-state index contributed by atoms with van der Waals surface area (Å²) in [5.41, 5.74) is 1.16. The van der Waals surface area contributed by atoms with Crippen molar-refractivity contribution < 1.29 is 13.9 Å². The molecule has 1 aliphatic rings. The van der Waals surface area contributed by atoms with E-state index in [1.54, 1.807) is 6.26 Å². The molecule has 1 unspecified atom stereocenters. The van der Waals surface area contributed by atoms with Gasteiger partial charge in [0.1, 0.15) is 11.5 Å². The number of benzene rings is 1. The minimum atomic E-state index is -0.0509. The van der Waals surface area contributed by atoms with Gasteiger partial charge in [-0.05, 0) is 49.6 Å². The van der Waals surface area contributed by atoms with Crippen molar-refractivity contribution in [1.82, 2.24) is 10.6 Å². The molecule has 1 aromatic carbocycles. The molecule has 0 aliphatic heterocycles. The Morgan fingerprint density at radius 2 is 2.09 bits per heavy atom. The van der Waals surface area contributed by atoms with Gasteiger partial charge < -0.3 is 19.8 Å². The van der Waals surface area contributed by atoms with Crippen molar-refractivity contribution >= 4 is 5.91 Å². The monoisotopic (exact) mass is 314 g/mol. The smallest absolute Gasteiger partial charge is 0.258 e. The predicted molar refractivity (Wildman–Crippen MR) is 87.1 cm³/mol. The van der Waals surface area contributed by atoms with Crippen LogP contribution in [0, 0.1) is 0 Å². The van der Waals surface area contributed by atoms with Gasteiger partial charge in [0, 0.05) is 12.1 Å². The number of carbonyl (C=O) groups is 1. The second-order valence-electron chi connectivity index (χ2n) is 5.88. The van der Waals surface area contributed by atoms with Crippen molar-refractivity contribution in [3.63, 3.8) is 0 Å². The van der Waals surface area contributed by atoms with Crippen molar-refractivity contribution in [2.45, 2.75) is 38.4 Å². The van der Waals surface area contributed by atoms with Crippen LogP contribution in [0.15, 0.2) is 47.1 Å². The Bertz CT molecular complexity index is 618. The molecule has 0 radical (unpaired) electrons. The maximum atomic E-state index is 11.6. The zero-order chi connectivity index (χ0) is 16.1. The number of carbonyl (C=O) groups excluding carboxylic acids is 1. The molecule has 23 heavy (non-hydrogen) atoms. The minimum Gasteiger partial charge on any atom is -0.484 e. The summed E-state index contributed by atoms with van der Waals surface area (Å²) >= 11 is 0. The highest BCUT2D eigenvalue weighted by Crippen LogP contribution is 2.19. The van der Waals surface area contributed by atoms with Crippen LogP contribution in [-0.2, 0) is 11.3 Å². The third-order valence-electron chi connectivity index (χ3n) is 3.86. The summed E-state index contributed by atoms with van der Waals surface area (Å²) in [6, 6.07) is 12.2. The van der Waals surface area contributed by atoms with Gasteiger partial charge in [-0.15, -0.1) is 0 Å². The van der Waals surface area contributed by atoms with Gasteiger partial charge in [-0.3, -0.25) is 4.79 Å². The van der Waals surface area contributed by atoms with Crippen LogP contribution in [0.3, 0.4) is 0 Å². The van der Waals surface area contributed by atoms with E-state index in [1.165, 1.54) is 0 Å². The Hall–Kier alpha value is -2.27. The maximum Gasteiger partial charge on any atom is 0.258 e. The molecule has 5 nitrogen and oxygen atoms in total. The Morgan fingerprint density at radius 1 is 1.30 bits per heavy atom. The van der Waals surface area contributed by atoms with Crippen molar-refractivity contribution in [3.05, 3.63) is 54.0 Å². The zero-order valence-corrected chi connectivity index (χ0v) is 13.2. The number of rotatable bonds is 8. The third-order valence-corrected chi connectivity index (χ3v) is 3.86. The minimum absolute atomic E-state index is 0.0509. The van der Waals surface area contributed by atoms with Crippen molar-refractivity contribution in [2.24, 2.45) is 0 Å². The highest BCUT2D eigenvalue weighted by molar-refractivity contribution is 5.78. The molecule has 3 rings (SSSR count). The van der Waals surface area contributed by atoms with Gasteiger partial charge in [-0.25, -0.2) is 0 Å². The molecule has 0 saturated heterocycles. The predicted octanol–water partition coefficient (Wildman–Crippen LogP) is 2.79. The van der Waals surface area contributed by atoms with Gasteiger partial charge in [-0.1, -0.05) is 12.1 Å². The molecule has 1 aromatic heterocycles. The van der Waals surface area contributed by atoms with Crippen LogP contribution in [0.4, 0.5) is 0 Å². The quantitative estimate of drug-likeness (QED) is 0.786. The van der Waals surface area contributed by atoms with Crippen LogP contribution < -0.4 is 15.4 Å². The first-order valence-electron chi connectivity index (χ1n) is 7.98. The first kappa shape index (κ1) is 15.6. The highest BCUT2D eigenvalue weighted by atomic mass is 16.5. The normalized spacial score (nSPS) is 15.2. The Balaban J connectivity index is 1.44. The van der Waals surface area contributed by atoms with Gasteiger partial charge in [0.2, 0.25) is 0 Å². The molecule has 1 fully saturated rings. The lowest BCUT2D eigenvalue weighted by molar-refractivity contribution is -0.123. The number of ether oxygens (including phenoxy) is 1. The number of furan rings is 1. The molecule has 1 heterocycles. The lowest BCUT2D eigenvalue weighted by Gasteiger charge is -2.14. The van der Waals surface area contributed by atoms with Crippen LogP contribution in [0.25, 0.3) is 0 Å². The summed E-state index contributed by atoms with van der Waals surface area (Å²) in [7, 11) is 0. The molecule has 1 amide bonds. The second-order valence-corrected chi connectivity index (χ2v) is 5.88. The second kappa shape index (κ2) is 7.33. The molecule has 5 heteroatoms. The molecule has 2 N–H and O–H groups in total. The van der Waals surface area contributed by atoms with Gasteiger partial charge in [0.25, 0.3) is 5.91 Å². The average Bonchev–Trinajstić information content (AvgIpc) is 3.22. The molecule has 0 bridgehead atoms. The highest BCUT2D eigenvalue weighted by Gasteiger charge is 2.23. The largest absolute Gasteiger partial charge is 0.484 e. The molecule has 1 aliphatic carbocycles. The van der Waals surface area contributed by atoms with E-state index in [-0.39, 0.29) is 18.6 Å². The van der Waals surface area contributed by atoms with Gasteiger partial charge in [0.15, 0.2) is 6.61 Å².